The molecular weight excluding hydrogens is 496 g/mol. The lowest BCUT2D eigenvalue weighted by Gasteiger charge is -2.15. The summed E-state index contributed by atoms with van der Waals surface area (Å²) in [7, 11) is -2.22. The van der Waals surface area contributed by atoms with Crippen LogP contribution in [0.3, 0.4) is 0 Å². The summed E-state index contributed by atoms with van der Waals surface area (Å²) < 4.78 is 41.5. The number of halogens is 1. The summed E-state index contributed by atoms with van der Waals surface area (Å²) in [5.41, 5.74) is 1.61. The van der Waals surface area contributed by atoms with Crippen molar-refractivity contribution in [1.29, 1.82) is 0 Å². The third-order valence-electron chi connectivity index (χ3n) is 5.12. The Balaban J connectivity index is 1.47. The third-order valence-corrected chi connectivity index (χ3v) is 7.90. The standard InChI is InChI=1S/C24H23ClN2O5S2/c1-16(15-32-20-9-7-19(31-2)8-10-20)26-34(29,30)21-11-12-22-23(13-21)33-24(28)27(22)14-17-3-5-18(25)6-4-17/h3-13,16,26H,14-15H2,1-2H3/t16-/m0/s1. The van der Waals surface area contributed by atoms with Crippen molar-refractivity contribution in [3.63, 3.8) is 0 Å². The molecule has 1 N–H and O–H groups in total. The molecule has 10 heteroatoms. The smallest absolute Gasteiger partial charge is 0.308 e. The van der Waals surface area contributed by atoms with Gasteiger partial charge in [0.25, 0.3) is 0 Å². The van der Waals surface area contributed by atoms with Crippen molar-refractivity contribution in [2.45, 2.75) is 24.4 Å². The average molecular weight is 519 g/mol. The maximum atomic E-state index is 12.9. The van der Waals surface area contributed by atoms with Crippen LogP contribution in [0.4, 0.5) is 0 Å². The summed E-state index contributed by atoms with van der Waals surface area (Å²) in [6, 6.07) is 18.5. The van der Waals surface area contributed by atoms with E-state index in [1.807, 2.05) is 12.1 Å². The van der Waals surface area contributed by atoms with Crippen molar-refractivity contribution in [1.82, 2.24) is 9.29 Å². The van der Waals surface area contributed by atoms with Crippen LogP contribution in [0.25, 0.3) is 10.2 Å². The predicted octanol–water partition coefficient (Wildman–Crippen LogP) is 4.52. The summed E-state index contributed by atoms with van der Waals surface area (Å²) in [4.78, 5) is 12.5. The van der Waals surface area contributed by atoms with E-state index < -0.39 is 16.1 Å². The molecule has 0 aliphatic rings. The van der Waals surface area contributed by atoms with Gasteiger partial charge in [0.15, 0.2) is 0 Å². The molecule has 0 spiro atoms. The lowest BCUT2D eigenvalue weighted by Crippen LogP contribution is -2.36. The largest absolute Gasteiger partial charge is 0.497 e. The third kappa shape index (κ3) is 5.61. The Kier molecular flexibility index (Phi) is 7.27. The van der Waals surface area contributed by atoms with Crippen LogP contribution in [0, 0.1) is 0 Å². The maximum absolute atomic E-state index is 12.9. The van der Waals surface area contributed by atoms with Crippen molar-refractivity contribution in [2.24, 2.45) is 0 Å². The molecule has 1 heterocycles. The van der Waals surface area contributed by atoms with Gasteiger partial charge in [-0.25, -0.2) is 13.1 Å². The Hall–Kier alpha value is -2.85. The van der Waals surface area contributed by atoms with Gasteiger partial charge in [-0.2, -0.15) is 0 Å². The molecule has 4 aromatic rings. The Bertz CT molecular complexity index is 1450. The highest BCUT2D eigenvalue weighted by Gasteiger charge is 2.20. The fourth-order valence-electron chi connectivity index (χ4n) is 3.40. The van der Waals surface area contributed by atoms with Crippen molar-refractivity contribution in [3.05, 3.63) is 87.0 Å². The van der Waals surface area contributed by atoms with Crippen molar-refractivity contribution >= 4 is 43.2 Å². The number of fused-ring (bicyclic) bond motifs is 1. The Morgan fingerprint density at radius 2 is 1.71 bits per heavy atom. The second-order valence-corrected chi connectivity index (χ2v) is 10.9. The normalized spacial score (nSPS) is 12.6. The summed E-state index contributed by atoms with van der Waals surface area (Å²) in [6.45, 7) is 2.25. The van der Waals surface area contributed by atoms with Crippen LogP contribution >= 0.6 is 22.9 Å². The zero-order valence-electron chi connectivity index (χ0n) is 18.5. The number of aromatic nitrogens is 1. The van der Waals surface area contributed by atoms with Gasteiger partial charge in [0.2, 0.25) is 10.0 Å². The number of nitrogens with zero attached hydrogens (tertiary/aromatic N) is 1. The number of hydrogen-bond acceptors (Lipinski definition) is 6. The van der Waals surface area contributed by atoms with E-state index in [9.17, 15) is 13.2 Å². The molecule has 0 saturated heterocycles. The fraction of sp³-hybridized carbons (Fsp3) is 0.208. The van der Waals surface area contributed by atoms with Gasteiger partial charge in [-0.3, -0.25) is 9.36 Å². The second-order valence-electron chi connectivity index (χ2n) is 7.72. The number of benzene rings is 3. The van der Waals surface area contributed by atoms with Crippen LogP contribution in [-0.4, -0.2) is 32.7 Å². The average Bonchev–Trinajstić information content (AvgIpc) is 3.13. The van der Waals surface area contributed by atoms with E-state index in [1.54, 1.807) is 61.1 Å². The molecule has 1 atom stereocenters. The van der Waals surface area contributed by atoms with Crippen LogP contribution in [0.15, 0.2) is 76.4 Å². The monoisotopic (exact) mass is 518 g/mol. The molecule has 34 heavy (non-hydrogen) atoms. The van der Waals surface area contributed by atoms with E-state index >= 15 is 0 Å². The number of thiazole rings is 1. The summed E-state index contributed by atoms with van der Waals surface area (Å²) >= 11 is 6.95. The highest BCUT2D eigenvalue weighted by molar-refractivity contribution is 7.89. The molecular formula is C24H23ClN2O5S2. The van der Waals surface area contributed by atoms with E-state index in [0.29, 0.717) is 33.3 Å². The summed E-state index contributed by atoms with van der Waals surface area (Å²) in [5.74, 6) is 1.32. The fourth-order valence-corrected chi connectivity index (χ4v) is 5.78. The zero-order chi connectivity index (χ0) is 24.3. The van der Waals surface area contributed by atoms with Gasteiger partial charge in [-0.1, -0.05) is 35.1 Å². The molecule has 0 aliphatic carbocycles. The number of ether oxygens (including phenoxy) is 2. The Labute approximate surface area is 206 Å². The van der Waals surface area contributed by atoms with E-state index in [-0.39, 0.29) is 16.4 Å². The molecule has 7 nitrogen and oxygen atoms in total. The molecule has 1 aromatic heterocycles. The first-order chi connectivity index (χ1) is 16.2. The Morgan fingerprint density at radius 1 is 1.03 bits per heavy atom. The topological polar surface area (TPSA) is 86.6 Å². The lowest BCUT2D eigenvalue weighted by atomic mass is 10.2. The number of rotatable bonds is 9. The van der Waals surface area contributed by atoms with E-state index in [0.717, 1.165) is 16.9 Å². The number of hydrogen-bond donors (Lipinski definition) is 1. The van der Waals surface area contributed by atoms with E-state index in [2.05, 4.69) is 4.72 Å². The predicted molar refractivity (Wildman–Crippen MR) is 135 cm³/mol. The molecule has 0 fully saturated rings. The van der Waals surface area contributed by atoms with Crippen LogP contribution in [0.5, 0.6) is 11.5 Å². The number of methoxy groups -OCH3 is 1. The first-order valence-corrected chi connectivity index (χ1v) is 13.1. The van der Waals surface area contributed by atoms with Gasteiger partial charge in [-0.15, -0.1) is 0 Å². The maximum Gasteiger partial charge on any atom is 0.308 e. The molecule has 178 valence electrons. The minimum absolute atomic E-state index is 0.0937. The van der Waals surface area contributed by atoms with Crippen molar-refractivity contribution in [3.8, 4) is 11.5 Å². The van der Waals surface area contributed by atoms with Gasteiger partial charge >= 0.3 is 4.87 Å². The zero-order valence-corrected chi connectivity index (χ0v) is 20.9. The highest BCUT2D eigenvalue weighted by atomic mass is 35.5. The molecule has 3 aromatic carbocycles. The minimum Gasteiger partial charge on any atom is -0.497 e. The molecule has 0 unspecified atom stereocenters. The SMILES string of the molecule is COc1ccc(OC[C@H](C)NS(=O)(=O)c2ccc3c(c2)sc(=O)n3Cc2ccc(Cl)cc2)cc1. The van der Waals surface area contributed by atoms with Crippen LogP contribution < -0.4 is 19.1 Å². The number of sulfonamides is 1. The summed E-state index contributed by atoms with van der Waals surface area (Å²) in [5, 5.41) is 0.622. The van der Waals surface area contributed by atoms with Gasteiger partial charge in [-0.05, 0) is 67.1 Å². The molecule has 0 saturated carbocycles. The van der Waals surface area contributed by atoms with Crippen LogP contribution in [0.2, 0.25) is 5.02 Å². The van der Waals surface area contributed by atoms with E-state index in [4.69, 9.17) is 21.1 Å². The highest BCUT2D eigenvalue weighted by Crippen LogP contribution is 2.23. The Morgan fingerprint density at radius 3 is 2.38 bits per heavy atom. The number of nitrogens with one attached hydrogen (secondary N) is 1. The van der Waals surface area contributed by atoms with Crippen LogP contribution in [-0.2, 0) is 16.6 Å². The first kappa shape index (κ1) is 24.3. The van der Waals surface area contributed by atoms with Crippen LogP contribution in [0.1, 0.15) is 12.5 Å². The summed E-state index contributed by atoms with van der Waals surface area (Å²) in [6.07, 6.45) is 0. The van der Waals surface area contributed by atoms with Crippen molar-refractivity contribution in [2.75, 3.05) is 13.7 Å². The molecule has 0 radical (unpaired) electrons. The second kappa shape index (κ2) is 10.2. The molecule has 0 bridgehead atoms. The lowest BCUT2D eigenvalue weighted by molar-refractivity contribution is 0.287. The van der Waals surface area contributed by atoms with Gasteiger partial charge in [0, 0.05) is 5.02 Å². The molecule has 4 rings (SSSR count). The van der Waals surface area contributed by atoms with Crippen molar-refractivity contribution < 1.29 is 17.9 Å². The first-order valence-electron chi connectivity index (χ1n) is 10.4. The quantitative estimate of drug-likeness (QED) is 0.352. The molecule has 0 aliphatic heterocycles. The van der Waals surface area contributed by atoms with Gasteiger partial charge in [0.05, 0.1) is 34.8 Å². The van der Waals surface area contributed by atoms with Gasteiger partial charge < -0.3 is 9.47 Å². The molecule has 0 amide bonds. The van der Waals surface area contributed by atoms with Gasteiger partial charge in [0.1, 0.15) is 18.1 Å². The van der Waals surface area contributed by atoms with E-state index in [1.165, 1.54) is 12.1 Å². The minimum atomic E-state index is -3.80.